The van der Waals surface area contributed by atoms with Gasteiger partial charge in [0.15, 0.2) is 0 Å². The van der Waals surface area contributed by atoms with Crippen LogP contribution in [0.2, 0.25) is 0 Å². The van der Waals surface area contributed by atoms with Crippen LogP contribution in [0.3, 0.4) is 0 Å². The maximum absolute atomic E-state index is 12.5. The maximum Gasteiger partial charge on any atom is 0.255 e. The molecule has 0 saturated carbocycles. The molecule has 1 aliphatic heterocycles. The number of nitrogens with one attached hydrogen (secondary N) is 3. The van der Waals surface area contributed by atoms with Gasteiger partial charge in [-0.1, -0.05) is 36.4 Å². The number of hydrogen-bond acceptors (Lipinski definition) is 4. The average molecular weight is 344 g/mol. The molecular weight excluding hydrogens is 324 g/mol. The topological polar surface area (TPSA) is 79.2 Å². The van der Waals surface area contributed by atoms with Crippen LogP contribution in [0.15, 0.2) is 78.4 Å². The van der Waals surface area contributed by atoms with Gasteiger partial charge < -0.3 is 16.5 Å². The van der Waals surface area contributed by atoms with Crippen LogP contribution >= 0.6 is 0 Å². The second kappa shape index (κ2) is 6.90. The van der Waals surface area contributed by atoms with Gasteiger partial charge in [0.2, 0.25) is 0 Å². The molecule has 0 bridgehead atoms. The Hall–Kier alpha value is -3.31. The van der Waals surface area contributed by atoms with E-state index in [9.17, 15) is 4.79 Å². The average Bonchev–Trinajstić information content (AvgIpc) is 2.87. The van der Waals surface area contributed by atoms with Gasteiger partial charge in [-0.15, -0.1) is 0 Å². The largest absolute Gasteiger partial charge is 0.399 e. The van der Waals surface area contributed by atoms with Crippen molar-refractivity contribution in [3.63, 3.8) is 0 Å². The maximum atomic E-state index is 12.5. The fourth-order valence-corrected chi connectivity index (χ4v) is 3.16. The molecule has 2 aliphatic rings. The Morgan fingerprint density at radius 2 is 2.08 bits per heavy atom. The number of nitrogen functional groups attached to an aromatic ring is 1. The minimum atomic E-state index is -0.177. The third-order valence-corrected chi connectivity index (χ3v) is 4.46. The molecule has 1 atom stereocenters. The number of amides is 1. The summed E-state index contributed by atoms with van der Waals surface area (Å²) in [4.78, 5) is 12.5. The van der Waals surface area contributed by atoms with Gasteiger partial charge in [0.1, 0.15) is 0 Å². The quantitative estimate of drug-likeness (QED) is 0.636. The zero-order valence-corrected chi connectivity index (χ0v) is 14.2. The molecule has 2 aromatic carbocycles. The highest BCUT2D eigenvalue weighted by Gasteiger charge is 2.24. The summed E-state index contributed by atoms with van der Waals surface area (Å²) in [5.74, 6) is -0.177. The Morgan fingerprint density at radius 1 is 1.15 bits per heavy atom. The Kier molecular flexibility index (Phi) is 4.29. The summed E-state index contributed by atoms with van der Waals surface area (Å²) in [5, 5.41) is 2.95. The van der Waals surface area contributed by atoms with Crippen molar-refractivity contribution in [2.45, 2.75) is 12.5 Å². The Bertz CT molecular complexity index is 943. The summed E-state index contributed by atoms with van der Waals surface area (Å²) < 4.78 is 0. The lowest BCUT2D eigenvalue weighted by atomic mass is 9.98. The van der Waals surface area contributed by atoms with Gasteiger partial charge in [-0.25, -0.2) is 5.43 Å². The highest BCUT2D eigenvalue weighted by Crippen LogP contribution is 2.36. The van der Waals surface area contributed by atoms with Gasteiger partial charge in [0, 0.05) is 22.5 Å². The molecule has 4 rings (SSSR count). The zero-order valence-electron chi connectivity index (χ0n) is 14.2. The van der Waals surface area contributed by atoms with Gasteiger partial charge in [-0.05, 0) is 48.4 Å². The third-order valence-electron chi connectivity index (χ3n) is 4.46. The lowest BCUT2D eigenvalue weighted by Crippen LogP contribution is -2.19. The first kappa shape index (κ1) is 16.2. The number of anilines is 3. The van der Waals surface area contributed by atoms with Crippen molar-refractivity contribution in [2.24, 2.45) is 0 Å². The molecule has 0 fully saturated rings. The lowest BCUT2D eigenvalue weighted by Gasteiger charge is -2.13. The summed E-state index contributed by atoms with van der Waals surface area (Å²) in [6.07, 6.45) is 11.5. The molecule has 5 heteroatoms. The van der Waals surface area contributed by atoms with Crippen molar-refractivity contribution < 1.29 is 4.79 Å². The molecule has 0 saturated heterocycles. The van der Waals surface area contributed by atoms with Crippen molar-refractivity contribution in [1.29, 1.82) is 0 Å². The molecule has 1 unspecified atom stereocenters. The number of allylic oxidation sites excluding steroid dienone is 4. The van der Waals surface area contributed by atoms with Crippen LogP contribution in [0.25, 0.3) is 0 Å². The molecule has 0 aromatic heterocycles. The van der Waals surface area contributed by atoms with E-state index < -0.39 is 0 Å². The van der Waals surface area contributed by atoms with Gasteiger partial charge >= 0.3 is 0 Å². The molecule has 0 spiro atoms. The van der Waals surface area contributed by atoms with E-state index in [2.05, 4.69) is 46.5 Å². The van der Waals surface area contributed by atoms with Crippen LogP contribution in [-0.2, 0) is 0 Å². The standard InChI is InChI=1S/C21H20N4O/c22-16-9-5-8-15(12-16)21(26)23-17-10-11-19-18(13-17)20(25-24-19)14-6-3-1-2-4-7-14/h1,3-13,20,24-25H,2,22H2,(H,23,26). The number of carbonyl (C=O) groups is 1. The number of benzene rings is 2. The highest BCUT2D eigenvalue weighted by atomic mass is 16.1. The van der Waals surface area contributed by atoms with Gasteiger partial charge in [0.25, 0.3) is 5.91 Å². The van der Waals surface area contributed by atoms with Gasteiger partial charge in [-0.3, -0.25) is 4.79 Å². The van der Waals surface area contributed by atoms with Gasteiger partial charge in [0.05, 0.1) is 11.7 Å². The number of hydrogen-bond donors (Lipinski definition) is 4. The fraction of sp³-hybridized carbons (Fsp3) is 0.0952. The highest BCUT2D eigenvalue weighted by molar-refractivity contribution is 6.04. The normalized spacial score (nSPS) is 17.8. The van der Waals surface area contributed by atoms with E-state index in [0.717, 1.165) is 23.4 Å². The molecule has 5 nitrogen and oxygen atoms in total. The van der Waals surface area contributed by atoms with Crippen molar-refractivity contribution in [2.75, 3.05) is 16.5 Å². The Morgan fingerprint density at radius 3 is 2.96 bits per heavy atom. The Balaban J connectivity index is 1.59. The van der Waals surface area contributed by atoms with Crippen LogP contribution in [0.4, 0.5) is 17.1 Å². The van der Waals surface area contributed by atoms with Crippen LogP contribution in [0.1, 0.15) is 28.4 Å². The van der Waals surface area contributed by atoms with E-state index in [-0.39, 0.29) is 11.9 Å². The van der Waals surface area contributed by atoms with E-state index in [1.165, 1.54) is 5.57 Å². The molecule has 1 heterocycles. The predicted molar refractivity (Wildman–Crippen MR) is 106 cm³/mol. The van der Waals surface area contributed by atoms with E-state index in [0.29, 0.717) is 11.3 Å². The predicted octanol–water partition coefficient (Wildman–Crippen LogP) is 3.93. The van der Waals surface area contributed by atoms with Crippen molar-refractivity contribution in [3.05, 3.63) is 89.5 Å². The van der Waals surface area contributed by atoms with Crippen LogP contribution in [-0.4, -0.2) is 5.91 Å². The molecule has 1 amide bonds. The van der Waals surface area contributed by atoms with Crippen LogP contribution < -0.4 is 21.9 Å². The van der Waals surface area contributed by atoms with Gasteiger partial charge in [-0.2, -0.15) is 0 Å². The lowest BCUT2D eigenvalue weighted by molar-refractivity contribution is 0.102. The summed E-state index contributed by atoms with van der Waals surface area (Å²) in [6.45, 7) is 0. The molecule has 2 aromatic rings. The second-order valence-electron chi connectivity index (χ2n) is 6.32. The number of nitrogens with two attached hydrogens (primary N) is 1. The molecule has 130 valence electrons. The minimum Gasteiger partial charge on any atom is -0.399 e. The Labute approximate surface area is 152 Å². The molecule has 0 radical (unpaired) electrons. The van der Waals surface area contributed by atoms with Crippen molar-refractivity contribution in [1.82, 2.24) is 5.43 Å². The second-order valence-corrected chi connectivity index (χ2v) is 6.32. The fourth-order valence-electron chi connectivity index (χ4n) is 3.16. The first-order valence-corrected chi connectivity index (χ1v) is 8.56. The summed E-state index contributed by atoms with van der Waals surface area (Å²) in [6, 6.07) is 12.8. The smallest absolute Gasteiger partial charge is 0.255 e. The monoisotopic (exact) mass is 344 g/mol. The summed E-state index contributed by atoms with van der Waals surface area (Å²) >= 11 is 0. The van der Waals surface area contributed by atoms with Crippen LogP contribution in [0, 0.1) is 0 Å². The number of carbonyl (C=O) groups excluding carboxylic acids is 1. The first-order chi connectivity index (χ1) is 12.7. The minimum absolute atomic E-state index is 0.0354. The first-order valence-electron chi connectivity index (χ1n) is 8.56. The molecule has 1 aliphatic carbocycles. The summed E-state index contributed by atoms with van der Waals surface area (Å²) in [7, 11) is 0. The zero-order chi connectivity index (χ0) is 17.9. The van der Waals surface area contributed by atoms with E-state index in [1.54, 1.807) is 24.3 Å². The molecule has 26 heavy (non-hydrogen) atoms. The van der Waals surface area contributed by atoms with E-state index in [4.69, 9.17) is 5.73 Å². The number of rotatable bonds is 3. The number of fused-ring (bicyclic) bond motifs is 1. The van der Waals surface area contributed by atoms with E-state index in [1.807, 2.05) is 18.2 Å². The number of hydrazine groups is 1. The third kappa shape index (κ3) is 3.25. The van der Waals surface area contributed by atoms with E-state index >= 15 is 0 Å². The van der Waals surface area contributed by atoms with Crippen LogP contribution in [0.5, 0.6) is 0 Å². The summed E-state index contributed by atoms with van der Waals surface area (Å²) in [5.41, 5.74) is 17.4. The molecular formula is C21H20N4O. The molecule has 5 N–H and O–H groups in total. The van der Waals surface area contributed by atoms with Crippen molar-refractivity contribution >= 4 is 23.0 Å². The SMILES string of the molecule is Nc1cccc(C(=O)Nc2ccc3c(c2)C(C2=CC=CCC=C2)NN3)c1. The van der Waals surface area contributed by atoms with Crippen molar-refractivity contribution in [3.8, 4) is 0 Å².